The highest BCUT2D eigenvalue weighted by atomic mass is 32.1. The summed E-state index contributed by atoms with van der Waals surface area (Å²) in [5.41, 5.74) is 0. The molecule has 1 saturated heterocycles. The minimum absolute atomic E-state index is 0.112. The van der Waals surface area contributed by atoms with Crippen molar-refractivity contribution in [2.75, 3.05) is 11.9 Å². The van der Waals surface area contributed by atoms with Crippen LogP contribution in [0.4, 0.5) is 9.52 Å². The molecule has 0 saturated carbocycles. The summed E-state index contributed by atoms with van der Waals surface area (Å²) < 4.78 is 24.8. The van der Waals surface area contributed by atoms with Gasteiger partial charge in [0.05, 0.1) is 11.0 Å². The zero-order valence-electron chi connectivity index (χ0n) is 15.0. The van der Waals surface area contributed by atoms with Gasteiger partial charge in [-0.25, -0.2) is 0 Å². The molecular formula is C16H22FN5O3S. The van der Waals surface area contributed by atoms with E-state index in [0.717, 1.165) is 19.4 Å². The van der Waals surface area contributed by atoms with Crippen LogP contribution in [0.3, 0.4) is 0 Å². The molecule has 10 heteroatoms. The van der Waals surface area contributed by atoms with Crippen LogP contribution < -0.4 is 5.32 Å². The van der Waals surface area contributed by atoms with E-state index in [1.165, 1.54) is 18.3 Å². The number of nitrogens with zero attached hydrogens (tertiary/aromatic N) is 4. The van der Waals surface area contributed by atoms with Gasteiger partial charge in [-0.05, 0) is 19.8 Å². The Morgan fingerprint density at radius 1 is 1.50 bits per heavy atom. The molecule has 0 bridgehead atoms. The van der Waals surface area contributed by atoms with E-state index in [0.29, 0.717) is 34.9 Å². The summed E-state index contributed by atoms with van der Waals surface area (Å²) in [5.74, 6) is 0.303. The van der Waals surface area contributed by atoms with Gasteiger partial charge in [-0.15, -0.1) is 0 Å². The Morgan fingerprint density at radius 3 is 2.96 bits per heavy atom. The molecule has 0 radical (unpaired) electrons. The number of thiazole rings is 1. The van der Waals surface area contributed by atoms with Gasteiger partial charge in [0.1, 0.15) is 6.61 Å². The standard InChI is InChI=1S/C16H22FN5O3S/c1-9-6-12(24-8-14-19-11(3)25-21-14)4-5-22(9)7-13-15(17)20-16(26-13)18-10(2)23/h9,12H,4-8H2,1-3H3,(H,18,20,23). The molecule has 2 unspecified atom stereocenters. The Hall–Kier alpha value is -1.91. The molecule has 8 nitrogen and oxygen atoms in total. The van der Waals surface area contributed by atoms with Gasteiger partial charge < -0.3 is 14.6 Å². The predicted molar refractivity (Wildman–Crippen MR) is 93.1 cm³/mol. The van der Waals surface area contributed by atoms with E-state index in [1.807, 2.05) is 0 Å². The first kappa shape index (κ1) is 18.9. The molecule has 3 rings (SSSR count). The second kappa shape index (κ2) is 8.19. The number of rotatable bonds is 6. The summed E-state index contributed by atoms with van der Waals surface area (Å²) in [6.45, 7) is 6.82. The van der Waals surface area contributed by atoms with Crippen LogP contribution in [0.1, 0.15) is 43.3 Å². The zero-order chi connectivity index (χ0) is 18.7. The number of halogens is 1. The zero-order valence-corrected chi connectivity index (χ0v) is 15.8. The fraction of sp³-hybridized carbons (Fsp3) is 0.625. The lowest BCUT2D eigenvalue weighted by Crippen LogP contribution is -2.42. The number of carbonyl (C=O) groups is 1. The number of aryl methyl sites for hydroxylation is 1. The normalized spacial score (nSPS) is 21.1. The third kappa shape index (κ3) is 4.83. The smallest absolute Gasteiger partial charge is 0.230 e. The molecule has 2 atom stereocenters. The Labute approximate surface area is 154 Å². The maximum atomic E-state index is 14.0. The number of ether oxygens (including phenoxy) is 1. The number of carbonyl (C=O) groups excluding carboxylic acids is 1. The second-order valence-corrected chi connectivity index (χ2v) is 7.50. The molecule has 1 aliphatic heterocycles. The molecule has 0 spiro atoms. The molecule has 142 valence electrons. The Bertz CT molecular complexity index is 765. The van der Waals surface area contributed by atoms with Crippen molar-refractivity contribution in [2.24, 2.45) is 0 Å². The highest BCUT2D eigenvalue weighted by Gasteiger charge is 2.28. The molecule has 0 aromatic carbocycles. The lowest BCUT2D eigenvalue weighted by atomic mass is 10.0. The Morgan fingerprint density at radius 2 is 2.31 bits per heavy atom. The van der Waals surface area contributed by atoms with Crippen LogP contribution in [-0.4, -0.2) is 44.6 Å². The molecule has 1 N–H and O–H groups in total. The number of anilines is 1. The van der Waals surface area contributed by atoms with Gasteiger partial charge in [0.25, 0.3) is 0 Å². The minimum Gasteiger partial charge on any atom is -0.370 e. The monoisotopic (exact) mass is 383 g/mol. The fourth-order valence-corrected chi connectivity index (χ4v) is 3.89. The highest BCUT2D eigenvalue weighted by molar-refractivity contribution is 7.15. The molecular weight excluding hydrogens is 361 g/mol. The van der Waals surface area contributed by atoms with Crippen molar-refractivity contribution >= 4 is 22.4 Å². The summed E-state index contributed by atoms with van der Waals surface area (Å²) in [6, 6.07) is 0.242. The largest absolute Gasteiger partial charge is 0.370 e. The fourth-order valence-electron chi connectivity index (χ4n) is 2.98. The molecule has 0 aliphatic carbocycles. The average Bonchev–Trinajstić information content (AvgIpc) is 3.13. The summed E-state index contributed by atoms with van der Waals surface area (Å²) in [7, 11) is 0. The van der Waals surface area contributed by atoms with Crippen molar-refractivity contribution in [3.63, 3.8) is 0 Å². The first-order chi connectivity index (χ1) is 12.4. The molecule has 2 aromatic heterocycles. The van der Waals surface area contributed by atoms with Gasteiger partial charge in [0, 0.05) is 33.0 Å². The van der Waals surface area contributed by atoms with Gasteiger partial charge in [0.15, 0.2) is 11.0 Å². The summed E-state index contributed by atoms with van der Waals surface area (Å²) in [5, 5.41) is 6.65. The van der Waals surface area contributed by atoms with Crippen LogP contribution in [0.15, 0.2) is 4.52 Å². The second-order valence-electron chi connectivity index (χ2n) is 6.42. The lowest BCUT2D eigenvalue weighted by molar-refractivity contribution is -0.114. The molecule has 1 aliphatic rings. The lowest BCUT2D eigenvalue weighted by Gasteiger charge is -2.37. The topological polar surface area (TPSA) is 93.4 Å². The van der Waals surface area contributed by atoms with Crippen molar-refractivity contribution < 1.29 is 18.4 Å². The third-order valence-corrected chi connectivity index (χ3v) is 5.19. The molecule has 1 fully saturated rings. The van der Waals surface area contributed by atoms with E-state index < -0.39 is 5.95 Å². The summed E-state index contributed by atoms with van der Waals surface area (Å²) in [4.78, 5) is 21.7. The number of likely N-dealkylation sites (tertiary alicyclic amines) is 1. The average molecular weight is 383 g/mol. The maximum Gasteiger partial charge on any atom is 0.230 e. The summed E-state index contributed by atoms with van der Waals surface area (Å²) in [6.07, 6.45) is 1.80. The molecule has 1 amide bonds. The van der Waals surface area contributed by atoms with Crippen molar-refractivity contribution in [2.45, 2.75) is 58.9 Å². The molecule has 3 heterocycles. The van der Waals surface area contributed by atoms with E-state index in [9.17, 15) is 9.18 Å². The van der Waals surface area contributed by atoms with E-state index in [1.54, 1.807) is 6.92 Å². The number of hydrogen-bond acceptors (Lipinski definition) is 8. The van der Waals surface area contributed by atoms with Crippen LogP contribution in [0.2, 0.25) is 0 Å². The Kier molecular flexibility index (Phi) is 5.94. The number of piperidine rings is 1. The van der Waals surface area contributed by atoms with Crippen LogP contribution >= 0.6 is 11.3 Å². The van der Waals surface area contributed by atoms with Crippen LogP contribution in [0.5, 0.6) is 0 Å². The van der Waals surface area contributed by atoms with Gasteiger partial charge in [0.2, 0.25) is 17.7 Å². The van der Waals surface area contributed by atoms with E-state index >= 15 is 0 Å². The van der Waals surface area contributed by atoms with E-state index in [-0.39, 0.29) is 18.1 Å². The number of hydrogen-bond donors (Lipinski definition) is 1. The predicted octanol–water partition coefficient (Wildman–Crippen LogP) is 2.50. The van der Waals surface area contributed by atoms with Gasteiger partial charge in [-0.1, -0.05) is 16.5 Å². The number of aromatic nitrogens is 3. The van der Waals surface area contributed by atoms with E-state index in [4.69, 9.17) is 9.26 Å². The molecule has 26 heavy (non-hydrogen) atoms. The van der Waals surface area contributed by atoms with Gasteiger partial charge >= 0.3 is 0 Å². The minimum atomic E-state index is -0.517. The first-order valence-electron chi connectivity index (χ1n) is 8.48. The van der Waals surface area contributed by atoms with Crippen molar-refractivity contribution in [3.05, 3.63) is 22.5 Å². The first-order valence-corrected chi connectivity index (χ1v) is 9.30. The third-order valence-electron chi connectivity index (χ3n) is 4.26. The van der Waals surface area contributed by atoms with Crippen LogP contribution in [0, 0.1) is 12.9 Å². The quantitative estimate of drug-likeness (QED) is 0.819. The Balaban J connectivity index is 1.51. The van der Waals surface area contributed by atoms with Crippen molar-refractivity contribution in [3.8, 4) is 0 Å². The highest BCUT2D eigenvalue weighted by Crippen LogP contribution is 2.27. The summed E-state index contributed by atoms with van der Waals surface area (Å²) >= 11 is 1.18. The van der Waals surface area contributed by atoms with E-state index in [2.05, 4.69) is 32.3 Å². The van der Waals surface area contributed by atoms with Crippen LogP contribution in [0.25, 0.3) is 0 Å². The van der Waals surface area contributed by atoms with Gasteiger partial charge in [-0.3, -0.25) is 9.69 Å². The number of amides is 1. The SMILES string of the molecule is CC(=O)Nc1nc(F)c(CN2CCC(OCc3noc(C)n3)CC2C)s1. The van der Waals surface area contributed by atoms with Crippen molar-refractivity contribution in [1.82, 2.24) is 20.0 Å². The maximum absolute atomic E-state index is 14.0. The molecule has 2 aromatic rings. The van der Waals surface area contributed by atoms with Crippen molar-refractivity contribution in [1.29, 1.82) is 0 Å². The van der Waals surface area contributed by atoms with Gasteiger partial charge in [-0.2, -0.15) is 14.4 Å². The number of nitrogens with one attached hydrogen (secondary N) is 1. The van der Waals surface area contributed by atoms with Crippen LogP contribution in [-0.2, 0) is 22.7 Å².